The quantitative estimate of drug-likeness (QED) is 0.471. The topological polar surface area (TPSA) is 26.0 Å². The number of nitrogens with two attached hydrogens (primary N) is 1. The summed E-state index contributed by atoms with van der Waals surface area (Å²) in [6.45, 7) is 0. The molecule has 0 aromatic rings. The van der Waals surface area contributed by atoms with Gasteiger partial charge in [-0.25, -0.2) is 0 Å². The Morgan fingerprint density at radius 1 is 1.62 bits per heavy atom. The van der Waals surface area contributed by atoms with Gasteiger partial charge in [-0.2, -0.15) is 12.6 Å². The Labute approximate surface area is 66.3 Å². The van der Waals surface area contributed by atoms with E-state index in [1.165, 1.54) is 0 Å². The van der Waals surface area contributed by atoms with Gasteiger partial charge in [-0.05, 0) is 6.04 Å². The molecule has 0 aromatic carbocycles. The highest BCUT2D eigenvalue weighted by Crippen LogP contribution is 1.82. The molecule has 0 rings (SSSR count). The molecule has 0 amide bonds. The highest BCUT2D eigenvalue weighted by Gasteiger charge is 1.88. The zero-order valence-electron chi connectivity index (χ0n) is 4.24. The van der Waals surface area contributed by atoms with Crippen molar-refractivity contribution < 1.29 is 0 Å². The molecule has 0 spiro atoms. The van der Waals surface area contributed by atoms with Crippen LogP contribution in [-0.4, -0.2) is 17.5 Å². The van der Waals surface area contributed by atoms with Gasteiger partial charge in [0.15, 0.2) is 0 Å². The molecule has 0 heterocycles. The molecule has 5 heteroatoms. The Morgan fingerprint density at radius 2 is 2.12 bits per heavy atom. The first-order valence-electron chi connectivity index (χ1n) is 2.09. The lowest BCUT2D eigenvalue weighted by atomic mass is 10.4. The Hall–Kier alpha value is 1.10. The van der Waals surface area contributed by atoms with Crippen LogP contribution in [0.2, 0.25) is 0 Å². The molecule has 0 aliphatic rings. The molecule has 0 aliphatic carbocycles. The fourth-order valence-corrected chi connectivity index (χ4v) is 2.05. The van der Waals surface area contributed by atoms with Crippen LogP contribution in [0.3, 0.4) is 0 Å². The van der Waals surface area contributed by atoms with Crippen LogP contribution < -0.4 is 5.73 Å². The summed E-state index contributed by atoms with van der Waals surface area (Å²) in [6.07, 6.45) is 0. The normalized spacial score (nSPS) is 14.4. The summed E-state index contributed by atoms with van der Waals surface area (Å²) < 4.78 is 0. The van der Waals surface area contributed by atoms with Gasteiger partial charge in [-0.1, -0.05) is 0 Å². The first-order valence-corrected chi connectivity index (χ1v) is 5.96. The summed E-state index contributed by atoms with van der Waals surface area (Å²) in [5.41, 5.74) is 5.47. The molecule has 0 fully saturated rings. The van der Waals surface area contributed by atoms with Gasteiger partial charge >= 0.3 is 0 Å². The van der Waals surface area contributed by atoms with Gasteiger partial charge in [0.2, 0.25) is 0 Å². The van der Waals surface area contributed by atoms with Gasteiger partial charge in [0.05, 0.1) is 0 Å². The monoisotopic (exact) mass is 186 g/mol. The van der Waals surface area contributed by atoms with E-state index < -0.39 is 0 Å². The van der Waals surface area contributed by atoms with Crippen LogP contribution in [0.1, 0.15) is 0 Å². The minimum atomic E-state index is -0.353. The molecule has 0 saturated heterocycles. The van der Waals surface area contributed by atoms with Crippen molar-refractivity contribution in [2.75, 3.05) is 11.5 Å². The maximum Gasteiger partial charge on any atom is 0.00373 e. The highest BCUT2D eigenvalue weighted by atomic mass is 33.1. The average molecular weight is 186 g/mol. The van der Waals surface area contributed by atoms with E-state index in [9.17, 15) is 0 Å². The van der Waals surface area contributed by atoms with Crippen LogP contribution in [0.5, 0.6) is 0 Å². The summed E-state index contributed by atoms with van der Waals surface area (Å²) in [7, 11) is -0.353. The summed E-state index contributed by atoms with van der Waals surface area (Å²) in [6, 6.07) is 0.0941. The second-order valence-corrected chi connectivity index (χ2v) is 5.77. The molecule has 2 N–H and O–H groups in total. The Kier molecular flexibility index (Phi) is 5.61. The maximum atomic E-state index is 5.47. The van der Waals surface area contributed by atoms with Crippen LogP contribution in [0, 0.1) is 0 Å². The van der Waals surface area contributed by atoms with E-state index >= 15 is 0 Å². The Balaban J connectivity index is 3.39. The second-order valence-electron chi connectivity index (χ2n) is 1.41. The van der Waals surface area contributed by atoms with E-state index in [0.29, 0.717) is 5.75 Å². The lowest BCUT2D eigenvalue weighted by Crippen LogP contribution is -2.26. The fourth-order valence-electron chi connectivity index (χ4n) is 0.227. The van der Waals surface area contributed by atoms with Crippen molar-refractivity contribution in [1.82, 2.24) is 0 Å². The average Bonchev–Trinajstić information content (AvgIpc) is 1.65. The standard InChI is InChI=1S/C3H8NS4/c4-3(1-5)2-8(6)7/h3,5H,1-2,4H2/q-1/t3-/m0/s1. The van der Waals surface area contributed by atoms with E-state index in [4.69, 9.17) is 28.1 Å². The van der Waals surface area contributed by atoms with Crippen molar-refractivity contribution in [2.24, 2.45) is 5.73 Å². The van der Waals surface area contributed by atoms with Crippen molar-refractivity contribution in [3.8, 4) is 0 Å². The van der Waals surface area contributed by atoms with Gasteiger partial charge in [0.1, 0.15) is 0 Å². The third kappa shape index (κ3) is 5.24. The molecular weight excluding hydrogens is 178 g/mol. The van der Waals surface area contributed by atoms with Crippen LogP contribution in [0.25, 0.3) is 0 Å². The van der Waals surface area contributed by atoms with E-state index in [2.05, 4.69) is 12.6 Å². The van der Waals surface area contributed by atoms with Crippen LogP contribution >= 0.6 is 12.6 Å². The maximum absolute atomic E-state index is 5.47. The molecule has 0 aliphatic heterocycles. The minimum Gasteiger partial charge on any atom is -0.346 e. The van der Waals surface area contributed by atoms with Crippen LogP contribution in [-0.2, 0) is 30.4 Å². The van der Waals surface area contributed by atoms with Gasteiger partial charge in [-0.3, -0.25) is 22.4 Å². The minimum absolute atomic E-state index is 0.0941. The fraction of sp³-hybridized carbons (Fsp3) is 1.00. The molecule has 1 nitrogen and oxygen atoms in total. The predicted octanol–water partition coefficient (Wildman–Crippen LogP) is -0.214. The summed E-state index contributed by atoms with van der Waals surface area (Å²) in [5, 5.41) is 0. The van der Waals surface area contributed by atoms with E-state index in [1.807, 2.05) is 0 Å². The van der Waals surface area contributed by atoms with Gasteiger partial charge in [0.25, 0.3) is 0 Å². The molecule has 0 bridgehead atoms. The molecule has 0 unspecified atom stereocenters. The molecular formula is C3H8NS4-. The number of rotatable bonds is 3. The first kappa shape index (κ1) is 9.10. The van der Waals surface area contributed by atoms with Crippen molar-refractivity contribution >= 4 is 43.0 Å². The van der Waals surface area contributed by atoms with E-state index in [0.717, 1.165) is 5.75 Å². The zero-order chi connectivity index (χ0) is 6.57. The number of hydrogen-bond acceptors (Lipinski definition) is 5. The van der Waals surface area contributed by atoms with Gasteiger partial charge < -0.3 is 13.7 Å². The Morgan fingerprint density at radius 3 is 2.25 bits per heavy atom. The third-order valence-electron chi connectivity index (χ3n) is 0.585. The van der Waals surface area contributed by atoms with Gasteiger partial charge in [0, 0.05) is 5.75 Å². The van der Waals surface area contributed by atoms with Gasteiger partial charge in [-0.15, -0.1) is 5.75 Å². The number of hydrogen-bond donors (Lipinski definition) is 2. The van der Waals surface area contributed by atoms with Crippen molar-refractivity contribution in [3.05, 3.63) is 0 Å². The highest BCUT2D eigenvalue weighted by molar-refractivity contribution is 8.46. The molecule has 50 valence electrons. The van der Waals surface area contributed by atoms with E-state index in [1.54, 1.807) is 0 Å². The van der Waals surface area contributed by atoms with Crippen molar-refractivity contribution in [3.63, 3.8) is 0 Å². The predicted molar refractivity (Wildman–Crippen MR) is 48.8 cm³/mol. The summed E-state index contributed by atoms with van der Waals surface area (Å²) in [4.78, 5) is 0. The van der Waals surface area contributed by atoms with Crippen molar-refractivity contribution in [1.29, 1.82) is 0 Å². The molecule has 1 atom stereocenters. The van der Waals surface area contributed by atoms with Crippen LogP contribution in [0.15, 0.2) is 0 Å². The second kappa shape index (κ2) is 4.93. The third-order valence-corrected chi connectivity index (χ3v) is 2.57. The lowest BCUT2D eigenvalue weighted by Gasteiger charge is -2.08. The van der Waals surface area contributed by atoms with Crippen LogP contribution in [0.4, 0.5) is 0 Å². The molecule has 8 heavy (non-hydrogen) atoms. The molecule has 0 radical (unpaired) electrons. The van der Waals surface area contributed by atoms with E-state index in [-0.39, 0.29) is 14.1 Å². The Bertz CT molecular complexity index is 110. The molecule has 0 aromatic heterocycles. The largest absolute Gasteiger partial charge is 0.346 e. The SMILES string of the molecule is N[C@@H](CS)C[S-](=S)=S. The zero-order valence-corrected chi connectivity index (χ0v) is 7.58. The summed E-state index contributed by atoms with van der Waals surface area (Å²) in [5.74, 6) is 1.42. The first-order chi connectivity index (χ1) is 3.66. The smallest absolute Gasteiger partial charge is 0.00373 e. The van der Waals surface area contributed by atoms with Crippen molar-refractivity contribution in [2.45, 2.75) is 6.04 Å². The lowest BCUT2D eigenvalue weighted by molar-refractivity contribution is 0.865. The number of thiol groups is 1. The molecule has 0 saturated carbocycles. The summed E-state index contributed by atoms with van der Waals surface area (Å²) >= 11 is 13.5.